The van der Waals surface area contributed by atoms with Gasteiger partial charge in [0.15, 0.2) is 0 Å². The highest BCUT2D eigenvalue weighted by Gasteiger charge is 2.19. The molecule has 4 aromatic rings. The fourth-order valence-electron chi connectivity index (χ4n) is 4.54. The Morgan fingerprint density at radius 3 is 2.59 bits per heavy atom. The Balaban J connectivity index is 1.31. The fourth-order valence-corrected chi connectivity index (χ4v) is 4.54. The van der Waals surface area contributed by atoms with Gasteiger partial charge >= 0.3 is 0 Å². The van der Waals surface area contributed by atoms with Gasteiger partial charge in [0.2, 0.25) is 17.7 Å². The SMILES string of the molecule is NC(=O)/C(=C/c1c[nH]c2ncc(NC(=O)Cc3ccc(N4CCCCC4=O)cc3)cc12)c1ccccc1. The second-order valence-electron chi connectivity index (χ2n) is 9.05. The number of carbonyl (C=O) groups is 3. The number of benzene rings is 2. The molecular formula is C29H27N5O3. The Hall–Kier alpha value is -4.72. The van der Waals surface area contributed by atoms with Gasteiger partial charge in [-0.3, -0.25) is 14.4 Å². The molecule has 0 unspecified atom stereocenters. The molecular weight excluding hydrogens is 466 g/mol. The minimum atomic E-state index is -0.534. The number of fused-ring (bicyclic) bond motifs is 1. The van der Waals surface area contributed by atoms with Crippen LogP contribution < -0.4 is 16.0 Å². The van der Waals surface area contributed by atoms with Crippen molar-refractivity contribution in [1.29, 1.82) is 0 Å². The van der Waals surface area contributed by atoms with E-state index in [2.05, 4.69) is 15.3 Å². The number of rotatable bonds is 7. The minimum absolute atomic E-state index is 0.144. The van der Waals surface area contributed by atoms with E-state index in [0.29, 0.717) is 23.3 Å². The number of nitrogens with two attached hydrogens (primary N) is 1. The molecule has 8 nitrogen and oxygen atoms in total. The van der Waals surface area contributed by atoms with E-state index in [1.165, 1.54) is 0 Å². The third-order valence-corrected chi connectivity index (χ3v) is 6.43. The number of anilines is 2. The van der Waals surface area contributed by atoms with Crippen LogP contribution in [0.4, 0.5) is 11.4 Å². The molecule has 3 heterocycles. The molecule has 1 saturated heterocycles. The standard InChI is InChI=1S/C29H27N5O3/c30-28(37)24(20-6-2-1-3-7-20)15-21-17-31-29-25(21)16-22(18-32-29)33-26(35)14-19-9-11-23(12-10-19)34-13-5-4-8-27(34)36/h1-3,6-7,9-12,15-18H,4-5,8,13-14H2,(H2,30,37)(H,31,32)(H,33,35)/b24-15+. The summed E-state index contributed by atoms with van der Waals surface area (Å²) in [5.41, 5.74) is 10.4. The maximum atomic E-state index is 12.7. The highest BCUT2D eigenvalue weighted by atomic mass is 16.2. The first-order valence-corrected chi connectivity index (χ1v) is 12.2. The zero-order valence-corrected chi connectivity index (χ0v) is 20.2. The van der Waals surface area contributed by atoms with E-state index < -0.39 is 5.91 Å². The van der Waals surface area contributed by atoms with Crippen molar-refractivity contribution in [2.75, 3.05) is 16.8 Å². The fraction of sp³-hybridized carbons (Fsp3) is 0.172. The molecule has 3 amide bonds. The molecule has 8 heteroatoms. The normalized spacial score (nSPS) is 14.1. The molecule has 2 aromatic carbocycles. The lowest BCUT2D eigenvalue weighted by molar-refractivity contribution is -0.119. The van der Waals surface area contributed by atoms with Crippen LogP contribution in [0.3, 0.4) is 0 Å². The average Bonchev–Trinajstić information content (AvgIpc) is 3.30. The molecule has 5 rings (SSSR count). The molecule has 4 N–H and O–H groups in total. The van der Waals surface area contributed by atoms with E-state index in [1.54, 1.807) is 23.4 Å². The van der Waals surface area contributed by atoms with Gasteiger partial charge < -0.3 is 20.9 Å². The van der Waals surface area contributed by atoms with Gasteiger partial charge in [0, 0.05) is 41.4 Å². The summed E-state index contributed by atoms with van der Waals surface area (Å²) in [4.78, 5) is 46.3. The van der Waals surface area contributed by atoms with Crippen molar-refractivity contribution in [3.8, 4) is 0 Å². The Morgan fingerprint density at radius 1 is 1.08 bits per heavy atom. The summed E-state index contributed by atoms with van der Waals surface area (Å²) in [6.45, 7) is 0.733. The van der Waals surface area contributed by atoms with Crippen LogP contribution in [-0.2, 0) is 20.8 Å². The Morgan fingerprint density at radius 2 is 1.86 bits per heavy atom. The number of amides is 3. The van der Waals surface area contributed by atoms with Crippen LogP contribution in [0.2, 0.25) is 0 Å². The number of primary amides is 1. The Labute approximate surface area is 214 Å². The van der Waals surface area contributed by atoms with Gasteiger partial charge in [0.25, 0.3) is 0 Å². The highest BCUT2D eigenvalue weighted by molar-refractivity contribution is 6.24. The van der Waals surface area contributed by atoms with E-state index in [-0.39, 0.29) is 18.2 Å². The predicted molar refractivity (Wildman–Crippen MR) is 145 cm³/mol. The van der Waals surface area contributed by atoms with Gasteiger partial charge in [-0.1, -0.05) is 42.5 Å². The minimum Gasteiger partial charge on any atom is -0.366 e. The molecule has 0 saturated carbocycles. The van der Waals surface area contributed by atoms with Crippen molar-refractivity contribution >= 4 is 51.8 Å². The van der Waals surface area contributed by atoms with Crippen molar-refractivity contribution in [2.45, 2.75) is 25.7 Å². The first-order chi connectivity index (χ1) is 18.0. The third kappa shape index (κ3) is 5.43. The number of hydrogen-bond donors (Lipinski definition) is 3. The molecule has 0 atom stereocenters. The van der Waals surface area contributed by atoms with E-state index >= 15 is 0 Å². The largest absolute Gasteiger partial charge is 0.366 e. The van der Waals surface area contributed by atoms with Gasteiger partial charge in [-0.25, -0.2) is 4.98 Å². The number of aromatic nitrogens is 2. The van der Waals surface area contributed by atoms with Crippen molar-refractivity contribution < 1.29 is 14.4 Å². The summed E-state index contributed by atoms with van der Waals surface area (Å²) in [6.07, 6.45) is 7.77. The summed E-state index contributed by atoms with van der Waals surface area (Å²) >= 11 is 0. The molecule has 0 aliphatic carbocycles. The van der Waals surface area contributed by atoms with Gasteiger partial charge in [-0.15, -0.1) is 0 Å². The maximum absolute atomic E-state index is 12.7. The molecule has 1 aliphatic heterocycles. The Bertz CT molecular complexity index is 1490. The third-order valence-electron chi connectivity index (χ3n) is 6.43. The molecule has 1 fully saturated rings. The number of piperidine rings is 1. The highest BCUT2D eigenvalue weighted by Crippen LogP contribution is 2.26. The van der Waals surface area contributed by atoms with Gasteiger partial charge in [0.05, 0.1) is 18.3 Å². The van der Waals surface area contributed by atoms with Crippen LogP contribution in [0.1, 0.15) is 36.0 Å². The van der Waals surface area contributed by atoms with Crippen LogP contribution in [0.15, 0.2) is 73.1 Å². The van der Waals surface area contributed by atoms with Crippen molar-refractivity contribution in [3.05, 3.63) is 89.7 Å². The number of H-pyrrole nitrogens is 1. The number of hydrogen-bond acceptors (Lipinski definition) is 4. The molecule has 0 bridgehead atoms. The molecule has 0 radical (unpaired) electrons. The number of aromatic amines is 1. The second kappa shape index (κ2) is 10.5. The molecule has 0 spiro atoms. The lowest BCUT2D eigenvalue weighted by Gasteiger charge is -2.26. The van der Waals surface area contributed by atoms with Crippen LogP contribution in [-0.4, -0.2) is 34.2 Å². The number of nitrogens with one attached hydrogen (secondary N) is 2. The summed E-state index contributed by atoms with van der Waals surface area (Å²) in [6, 6.07) is 18.6. The summed E-state index contributed by atoms with van der Waals surface area (Å²) in [5.74, 6) is -0.573. The smallest absolute Gasteiger partial charge is 0.249 e. The lowest BCUT2D eigenvalue weighted by Crippen LogP contribution is -2.35. The molecule has 186 valence electrons. The summed E-state index contributed by atoms with van der Waals surface area (Å²) < 4.78 is 0. The van der Waals surface area contributed by atoms with Crippen molar-refractivity contribution in [3.63, 3.8) is 0 Å². The summed E-state index contributed by atoms with van der Waals surface area (Å²) in [5, 5.41) is 3.65. The van der Waals surface area contributed by atoms with Crippen LogP contribution in [0.5, 0.6) is 0 Å². The maximum Gasteiger partial charge on any atom is 0.249 e. The van der Waals surface area contributed by atoms with Crippen molar-refractivity contribution in [2.24, 2.45) is 5.73 Å². The van der Waals surface area contributed by atoms with Crippen LogP contribution in [0, 0.1) is 0 Å². The lowest BCUT2D eigenvalue weighted by atomic mass is 10.0. The van der Waals surface area contributed by atoms with E-state index in [9.17, 15) is 14.4 Å². The summed E-state index contributed by atoms with van der Waals surface area (Å²) in [7, 11) is 0. The quantitative estimate of drug-likeness (QED) is 0.333. The topological polar surface area (TPSA) is 121 Å². The molecule has 37 heavy (non-hydrogen) atoms. The van der Waals surface area contributed by atoms with Crippen LogP contribution in [0.25, 0.3) is 22.7 Å². The zero-order valence-electron chi connectivity index (χ0n) is 20.2. The van der Waals surface area contributed by atoms with Gasteiger partial charge in [-0.05, 0) is 48.2 Å². The number of carbonyl (C=O) groups excluding carboxylic acids is 3. The Kier molecular flexibility index (Phi) is 6.81. The first-order valence-electron chi connectivity index (χ1n) is 12.2. The van der Waals surface area contributed by atoms with Crippen molar-refractivity contribution in [1.82, 2.24) is 9.97 Å². The van der Waals surface area contributed by atoms with E-state index in [4.69, 9.17) is 5.73 Å². The number of pyridine rings is 1. The monoisotopic (exact) mass is 493 g/mol. The number of nitrogens with zero attached hydrogens (tertiary/aromatic N) is 2. The first kappa shape index (κ1) is 24.0. The van der Waals surface area contributed by atoms with Crippen LogP contribution >= 0.6 is 0 Å². The predicted octanol–water partition coefficient (Wildman–Crippen LogP) is 4.29. The molecule has 2 aromatic heterocycles. The molecule has 1 aliphatic rings. The van der Waals surface area contributed by atoms with E-state index in [0.717, 1.165) is 47.2 Å². The van der Waals surface area contributed by atoms with Gasteiger partial charge in [0.1, 0.15) is 5.65 Å². The average molecular weight is 494 g/mol. The second-order valence-corrected chi connectivity index (χ2v) is 9.05. The zero-order chi connectivity index (χ0) is 25.8. The van der Waals surface area contributed by atoms with Gasteiger partial charge in [-0.2, -0.15) is 0 Å². The van der Waals surface area contributed by atoms with E-state index in [1.807, 2.05) is 60.7 Å².